The molecule has 2 nitrogen and oxygen atoms in total. The molecule has 3 heteroatoms. The standard InChI is InChI=1S/C20H44O2Si/c1-7-9-10-11-12-13-14-15-16-17-18-19-23(21-6,22-8-2)20(3,4)5/h7-19H2,1-6H3. The van der Waals surface area contributed by atoms with Crippen molar-refractivity contribution < 1.29 is 8.85 Å². The highest BCUT2D eigenvalue weighted by Gasteiger charge is 2.47. The minimum Gasteiger partial charge on any atom is -0.397 e. The molecule has 0 saturated carbocycles. The maximum atomic E-state index is 6.15. The second-order valence-corrected chi connectivity index (χ2v) is 12.1. The Morgan fingerprint density at radius 2 is 1.13 bits per heavy atom. The highest BCUT2D eigenvalue weighted by molar-refractivity contribution is 6.70. The summed E-state index contributed by atoms with van der Waals surface area (Å²) in [7, 11) is -0.212. The Kier molecular flexibility index (Phi) is 13.5. The molecular weight excluding hydrogens is 300 g/mol. The third kappa shape index (κ3) is 9.88. The molecule has 23 heavy (non-hydrogen) atoms. The Bertz CT molecular complexity index is 263. The summed E-state index contributed by atoms with van der Waals surface area (Å²) in [5.74, 6) is 0. The average Bonchev–Trinajstić information content (AvgIpc) is 2.50. The number of hydrogen-bond acceptors (Lipinski definition) is 2. The van der Waals surface area contributed by atoms with Gasteiger partial charge in [-0.3, -0.25) is 0 Å². The first-order valence-electron chi connectivity index (χ1n) is 10.1. The van der Waals surface area contributed by atoms with Crippen molar-refractivity contribution in [3.63, 3.8) is 0 Å². The van der Waals surface area contributed by atoms with Crippen LogP contribution in [0.3, 0.4) is 0 Å². The van der Waals surface area contributed by atoms with Gasteiger partial charge in [-0.05, 0) is 13.0 Å². The van der Waals surface area contributed by atoms with Crippen molar-refractivity contribution in [1.82, 2.24) is 0 Å². The van der Waals surface area contributed by atoms with Crippen LogP contribution in [0, 0.1) is 0 Å². The van der Waals surface area contributed by atoms with Crippen LogP contribution in [0.5, 0.6) is 0 Å². The summed E-state index contributed by atoms with van der Waals surface area (Å²) in [5.41, 5.74) is 0. The molecule has 0 amide bonds. The van der Waals surface area contributed by atoms with Crippen molar-refractivity contribution in [1.29, 1.82) is 0 Å². The van der Waals surface area contributed by atoms with Crippen LogP contribution in [0.1, 0.15) is 105 Å². The van der Waals surface area contributed by atoms with Crippen LogP contribution in [0.2, 0.25) is 11.1 Å². The first-order valence-corrected chi connectivity index (χ1v) is 12.1. The second kappa shape index (κ2) is 13.4. The van der Waals surface area contributed by atoms with Crippen molar-refractivity contribution in [2.75, 3.05) is 13.7 Å². The van der Waals surface area contributed by atoms with E-state index < -0.39 is 8.56 Å². The van der Waals surface area contributed by atoms with E-state index in [9.17, 15) is 0 Å². The number of unbranched alkanes of at least 4 members (excludes halogenated alkanes) is 10. The molecule has 0 aromatic carbocycles. The fourth-order valence-corrected chi connectivity index (χ4v) is 6.83. The zero-order valence-electron chi connectivity index (χ0n) is 17.0. The Labute approximate surface area is 148 Å². The van der Waals surface area contributed by atoms with Gasteiger partial charge in [0.1, 0.15) is 0 Å². The highest BCUT2D eigenvalue weighted by atomic mass is 28.4. The number of hydrogen-bond donors (Lipinski definition) is 0. The molecule has 0 aromatic rings. The molecule has 0 fully saturated rings. The van der Waals surface area contributed by atoms with Gasteiger partial charge in [0.05, 0.1) is 0 Å². The molecule has 0 rings (SSSR count). The van der Waals surface area contributed by atoms with Gasteiger partial charge in [-0.15, -0.1) is 0 Å². The third-order valence-corrected chi connectivity index (χ3v) is 9.67. The topological polar surface area (TPSA) is 18.5 Å². The molecule has 0 aliphatic carbocycles. The van der Waals surface area contributed by atoms with Gasteiger partial charge in [0.2, 0.25) is 0 Å². The first kappa shape index (κ1) is 23.1. The van der Waals surface area contributed by atoms with E-state index >= 15 is 0 Å². The zero-order valence-corrected chi connectivity index (χ0v) is 18.0. The van der Waals surface area contributed by atoms with Crippen LogP contribution < -0.4 is 0 Å². The SMILES string of the molecule is CCCCCCCCCCCCC[Si](OC)(OCC)C(C)(C)C. The summed E-state index contributed by atoms with van der Waals surface area (Å²) in [6, 6.07) is 1.14. The van der Waals surface area contributed by atoms with Crippen molar-refractivity contribution >= 4 is 8.56 Å². The van der Waals surface area contributed by atoms with Crippen molar-refractivity contribution in [2.45, 2.75) is 116 Å². The van der Waals surface area contributed by atoms with Gasteiger partial charge < -0.3 is 8.85 Å². The molecule has 0 aliphatic rings. The van der Waals surface area contributed by atoms with E-state index in [1.165, 1.54) is 70.6 Å². The minimum absolute atomic E-state index is 0.149. The van der Waals surface area contributed by atoms with Crippen molar-refractivity contribution in [3.8, 4) is 0 Å². The van der Waals surface area contributed by atoms with Crippen LogP contribution in [0.4, 0.5) is 0 Å². The minimum atomic E-state index is -2.07. The molecule has 0 saturated heterocycles. The summed E-state index contributed by atoms with van der Waals surface area (Å²) in [6.07, 6.45) is 15.3. The Morgan fingerprint density at radius 1 is 0.696 bits per heavy atom. The summed E-state index contributed by atoms with van der Waals surface area (Å²) in [4.78, 5) is 0. The van der Waals surface area contributed by atoms with Crippen LogP contribution in [0.25, 0.3) is 0 Å². The summed E-state index contributed by atoms with van der Waals surface area (Å²) in [6.45, 7) is 12.0. The largest absolute Gasteiger partial charge is 0.397 e. The lowest BCUT2D eigenvalue weighted by molar-refractivity contribution is 0.183. The summed E-state index contributed by atoms with van der Waals surface area (Å²) in [5, 5.41) is 0.149. The van der Waals surface area contributed by atoms with Crippen molar-refractivity contribution in [2.24, 2.45) is 0 Å². The van der Waals surface area contributed by atoms with E-state index in [4.69, 9.17) is 8.85 Å². The molecule has 1 atom stereocenters. The van der Waals surface area contributed by atoms with E-state index in [1.807, 2.05) is 7.11 Å². The molecular formula is C20H44O2Si. The molecule has 0 bridgehead atoms. The summed E-state index contributed by atoms with van der Waals surface area (Å²) < 4.78 is 12.1. The molecule has 0 aliphatic heterocycles. The van der Waals surface area contributed by atoms with Gasteiger partial charge in [-0.25, -0.2) is 0 Å². The van der Waals surface area contributed by atoms with Crippen molar-refractivity contribution in [3.05, 3.63) is 0 Å². The van der Waals surface area contributed by atoms with Gasteiger partial charge in [0.15, 0.2) is 0 Å². The lowest BCUT2D eigenvalue weighted by Crippen LogP contribution is -2.49. The van der Waals surface area contributed by atoms with E-state index in [-0.39, 0.29) is 5.04 Å². The number of rotatable bonds is 15. The highest BCUT2D eigenvalue weighted by Crippen LogP contribution is 2.41. The zero-order chi connectivity index (χ0) is 17.6. The Hall–Kier alpha value is 0.137. The molecule has 0 N–H and O–H groups in total. The molecule has 0 spiro atoms. The van der Waals surface area contributed by atoms with Gasteiger partial charge >= 0.3 is 8.56 Å². The summed E-state index contributed by atoms with van der Waals surface area (Å²) >= 11 is 0. The van der Waals surface area contributed by atoms with Crippen LogP contribution in [-0.4, -0.2) is 22.3 Å². The lowest BCUT2D eigenvalue weighted by Gasteiger charge is -2.39. The second-order valence-electron chi connectivity index (χ2n) is 7.93. The molecule has 0 aromatic heterocycles. The van der Waals surface area contributed by atoms with Crippen LogP contribution in [-0.2, 0) is 8.85 Å². The monoisotopic (exact) mass is 344 g/mol. The smallest absolute Gasteiger partial charge is 0.343 e. The average molecular weight is 345 g/mol. The maximum Gasteiger partial charge on any atom is 0.343 e. The lowest BCUT2D eigenvalue weighted by atomic mass is 10.1. The van der Waals surface area contributed by atoms with E-state index in [0.717, 1.165) is 12.7 Å². The van der Waals surface area contributed by atoms with E-state index in [1.54, 1.807) is 0 Å². The normalized spacial score (nSPS) is 14.9. The molecule has 0 heterocycles. The van der Waals surface area contributed by atoms with Crippen LogP contribution in [0.15, 0.2) is 0 Å². The fraction of sp³-hybridized carbons (Fsp3) is 1.00. The molecule has 1 unspecified atom stereocenters. The predicted molar refractivity (Wildman–Crippen MR) is 105 cm³/mol. The van der Waals surface area contributed by atoms with Gasteiger partial charge in [-0.2, -0.15) is 0 Å². The predicted octanol–water partition coefficient (Wildman–Crippen LogP) is 7.22. The van der Waals surface area contributed by atoms with Gasteiger partial charge in [0, 0.05) is 18.8 Å². The van der Waals surface area contributed by atoms with Gasteiger partial charge in [0.25, 0.3) is 0 Å². The Balaban J connectivity index is 3.75. The first-order chi connectivity index (χ1) is 10.9. The Morgan fingerprint density at radius 3 is 1.48 bits per heavy atom. The van der Waals surface area contributed by atoms with Gasteiger partial charge in [-0.1, -0.05) is 98.3 Å². The third-order valence-electron chi connectivity index (χ3n) is 4.96. The maximum absolute atomic E-state index is 6.15. The van der Waals surface area contributed by atoms with Crippen LogP contribution >= 0.6 is 0 Å². The van der Waals surface area contributed by atoms with E-state index in [2.05, 4.69) is 34.6 Å². The molecule has 0 radical (unpaired) electrons. The van der Waals surface area contributed by atoms with E-state index in [0.29, 0.717) is 0 Å². The fourth-order valence-electron chi connectivity index (χ4n) is 3.39. The quantitative estimate of drug-likeness (QED) is 0.230. The molecule has 140 valence electrons.